The van der Waals surface area contributed by atoms with Gasteiger partial charge in [-0.1, -0.05) is 11.6 Å². The van der Waals surface area contributed by atoms with Crippen molar-refractivity contribution in [2.24, 2.45) is 0 Å². The highest BCUT2D eigenvalue weighted by atomic mass is 35.5. The lowest BCUT2D eigenvalue weighted by Gasteiger charge is -2.18. The van der Waals surface area contributed by atoms with Gasteiger partial charge in [-0.3, -0.25) is 14.4 Å². The maximum absolute atomic E-state index is 14.3. The third kappa shape index (κ3) is 2.80. The third-order valence-corrected chi connectivity index (χ3v) is 4.62. The molecule has 3 rings (SSSR count). The fraction of sp³-hybridized carbons (Fsp3) is 0.312. The normalized spacial score (nSPS) is 17.4. The number of alkyl halides is 1. The van der Waals surface area contributed by atoms with Crippen LogP contribution in [0.1, 0.15) is 25.7 Å². The van der Waals surface area contributed by atoms with E-state index in [1.807, 2.05) is 0 Å². The molecule has 0 aromatic heterocycles. The molecule has 1 aromatic rings. The highest BCUT2D eigenvalue weighted by molar-refractivity contribution is 6.36. The topological polar surface area (TPSA) is 66.5 Å². The summed E-state index contributed by atoms with van der Waals surface area (Å²) in [5, 5.41) is 2.36. The summed E-state index contributed by atoms with van der Waals surface area (Å²) in [6.45, 7) is 0. The zero-order chi connectivity index (χ0) is 17.4. The Morgan fingerprint density at radius 2 is 1.75 bits per heavy atom. The first kappa shape index (κ1) is 16.9. The fourth-order valence-corrected chi connectivity index (χ4v) is 3.21. The molecule has 0 radical (unpaired) electrons. The van der Waals surface area contributed by atoms with E-state index in [1.165, 1.54) is 6.07 Å². The van der Waals surface area contributed by atoms with Gasteiger partial charge in [0.1, 0.15) is 11.7 Å². The molecule has 1 aliphatic heterocycles. The Kier molecular flexibility index (Phi) is 4.60. The van der Waals surface area contributed by atoms with Gasteiger partial charge in [0, 0.05) is 11.1 Å². The van der Waals surface area contributed by atoms with Crippen LogP contribution in [0.4, 0.5) is 15.8 Å². The van der Waals surface area contributed by atoms with Gasteiger partial charge in [0.05, 0.1) is 16.4 Å². The fourth-order valence-electron chi connectivity index (χ4n) is 2.95. The maximum Gasteiger partial charge on any atom is 0.261 e. The van der Waals surface area contributed by atoms with E-state index in [9.17, 15) is 18.8 Å². The first-order valence-corrected chi connectivity index (χ1v) is 8.31. The van der Waals surface area contributed by atoms with Crippen LogP contribution in [0, 0.1) is 5.82 Å². The molecule has 2 aliphatic rings. The average molecular weight is 371 g/mol. The number of nitrogens with one attached hydrogen (secondary N) is 1. The second-order valence-corrected chi connectivity index (χ2v) is 6.25. The molecule has 0 saturated carbocycles. The van der Waals surface area contributed by atoms with Crippen LogP contribution in [-0.4, -0.2) is 23.6 Å². The van der Waals surface area contributed by atoms with Gasteiger partial charge in [0.15, 0.2) is 0 Å². The zero-order valence-corrected chi connectivity index (χ0v) is 14.0. The number of carbonyl (C=O) groups is 3. The van der Waals surface area contributed by atoms with Crippen LogP contribution in [0.3, 0.4) is 0 Å². The van der Waals surface area contributed by atoms with Crippen LogP contribution in [-0.2, 0) is 14.4 Å². The molecule has 0 atom stereocenters. The first-order chi connectivity index (χ1) is 11.4. The average Bonchev–Trinajstić information content (AvgIpc) is 2.82. The number of anilines is 2. The van der Waals surface area contributed by atoms with Gasteiger partial charge in [-0.25, -0.2) is 9.29 Å². The summed E-state index contributed by atoms with van der Waals surface area (Å²) in [6, 6.07) is 2.13. The van der Waals surface area contributed by atoms with Crippen LogP contribution in [0.25, 0.3) is 0 Å². The Hall–Kier alpha value is -1.92. The van der Waals surface area contributed by atoms with E-state index in [1.54, 1.807) is 0 Å². The number of amides is 3. The smallest absolute Gasteiger partial charge is 0.261 e. The van der Waals surface area contributed by atoms with Gasteiger partial charge >= 0.3 is 0 Å². The molecular formula is C16H13Cl2FN2O3. The molecule has 0 bridgehead atoms. The number of nitrogens with zero attached hydrogens (tertiary/aromatic N) is 1. The lowest BCUT2D eigenvalue weighted by Crippen LogP contribution is -2.32. The zero-order valence-electron chi connectivity index (χ0n) is 12.5. The van der Waals surface area contributed by atoms with E-state index >= 15 is 0 Å². The molecule has 3 amide bonds. The molecule has 0 fully saturated rings. The molecule has 1 aromatic carbocycles. The van der Waals surface area contributed by atoms with E-state index in [4.69, 9.17) is 23.2 Å². The summed E-state index contributed by atoms with van der Waals surface area (Å²) in [6.07, 6.45) is 2.68. The second kappa shape index (κ2) is 6.53. The van der Waals surface area contributed by atoms with Crippen molar-refractivity contribution in [3.63, 3.8) is 0 Å². The van der Waals surface area contributed by atoms with E-state index in [0.717, 1.165) is 23.8 Å². The number of rotatable bonds is 3. The minimum Gasteiger partial charge on any atom is -0.324 e. The van der Waals surface area contributed by atoms with Gasteiger partial charge in [-0.2, -0.15) is 0 Å². The summed E-state index contributed by atoms with van der Waals surface area (Å²) in [5.41, 5.74) is 0.761. The summed E-state index contributed by atoms with van der Waals surface area (Å²) in [7, 11) is 0. The van der Waals surface area contributed by atoms with E-state index in [2.05, 4.69) is 5.32 Å². The number of hydrogen-bond acceptors (Lipinski definition) is 3. The molecule has 0 spiro atoms. The lowest BCUT2D eigenvalue weighted by molar-refractivity contribution is -0.120. The molecule has 8 heteroatoms. The Balaban J connectivity index is 2.01. The number of halogens is 3. The molecule has 126 valence electrons. The van der Waals surface area contributed by atoms with Gasteiger partial charge in [0.25, 0.3) is 11.8 Å². The number of imide groups is 1. The Labute approximate surface area is 147 Å². The second-order valence-electron chi connectivity index (χ2n) is 5.58. The van der Waals surface area contributed by atoms with Gasteiger partial charge in [-0.15, -0.1) is 11.6 Å². The van der Waals surface area contributed by atoms with Crippen LogP contribution >= 0.6 is 23.2 Å². The summed E-state index contributed by atoms with van der Waals surface area (Å²) < 4.78 is 14.3. The Bertz CT molecular complexity index is 764. The summed E-state index contributed by atoms with van der Waals surface area (Å²) in [5.74, 6) is -2.67. The van der Waals surface area contributed by atoms with Crippen molar-refractivity contribution in [1.29, 1.82) is 0 Å². The van der Waals surface area contributed by atoms with Crippen LogP contribution in [0.15, 0.2) is 23.3 Å². The highest BCUT2D eigenvalue weighted by Crippen LogP contribution is 2.38. The predicted molar refractivity (Wildman–Crippen MR) is 88.7 cm³/mol. The van der Waals surface area contributed by atoms with Crippen molar-refractivity contribution in [1.82, 2.24) is 0 Å². The van der Waals surface area contributed by atoms with Crippen molar-refractivity contribution >= 4 is 52.3 Å². The third-order valence-electron chi connectivity index (χ3n) is 4.06. The number of benzene rings is 1. The predicted octanol–water partition coefficient (Wildman–Crippen LogP) is 3.40. The van der Waals surface area contributed by atoms with Gasteiger partial charge in [-0.05, 0) is 37.8 Å². The number of carbonyl (C=O) groups excluding carboxylic acids is 3. The largest absolute Gasteiger partial charge is 0.324 e. The molecule has 1 N–H and O–H groups in total. The summed E-state index contributed by atoms with van der Waals surface area (Å²) in [4.78, 5) is 37.3. The van der Waals surface area contributed by atoms with Gasteiger partial charge in [0.2, 0.25) is 5.91 Å². The number of hydrogen-bond donors (Lipinski definition) is 1. The molecule has 0 saturated heterocycles. The maximum atomic E-state index is 14.3. The lowest BCUT2D eigenvalue weighted by atomic mass is 9.93. The molecule has 1 aliphatic carbocycles. The standard InChI is InChI=1S/C16H13Cl2FN2O3/c17-7-14(22)20-12-6-13(11(19)5-10(12)18)21-15(23)8-3-1-2-4-9(8)16(21)24/h5-6H,1-4,7H2,(H,20,22). The van der Waals surface area contributed by atoms with Gasteiger partial charge < -0.3 is 5.32 Å². The molecular weight excluding hydrogens is 358 g/mol. The molecule has 24 heavy (non-hydrogen) atoms. The highest BCUT2D eigenvalue weighted by Gasteiger charge is 2.41. The van der Waals surface area contributed by atoms with E-state index in [-0.39, 0.29) is 22.3 Å². The van der Waals surface area contributed by atoms with Crippen LogP contribution in [0.2, 0.25) is 5.02 Å². The molecule has 0 unspecified atom stereocenters. The van der Waals surface area contributed by atoms with Crippen molar-refractivity contribution in [3.05, 3.63) is 34.1 Å². The van der Waals surface area contributed by atoms with E-state index in [0.29, 0.717) is 24.0 Å². The summed E-state index contributed by atoms with van der Waals surface area (Å²) >= 11 is 11.3. The molecule has 5 nitrogen and oxygen atoms in total. The van der Waals surface area contributed by atoms with Crippen molar-refractivity contribution in [3.8, 4) is 0 Å². The monoisotopic (exact) mass is 370 g/mol. The Morgan fingerprint density at radius 1 is 1.17 bits per heavy atom. The van der Waals surface area contributed by atoms with E-state index < -0.39 is 23.5 Å². The van der Waals surface area contributed by atoms with Crippen LogP contribution < -0.4 is 10.2 Å². The van der Waals surface area contributed by atoms with Crippen molar-refractivity contribution in [2.75, 3.05) is 16.1 Å². The SMILES string of the molecule is O=C(CCl)Nc1cc(N2C(=O)C3=C(CCCC3)C2=O)c(F)cc1Cl. The molecule has 1 heterocycles. The first-order valence-electron chi connectivity index (χ1n) is 7.39. The quantitative estimate of drug-likeness (QED) is 0.654. The van der Waals surface area contributed by atoms with Crippen molar-refractivity contribution in [2.45, 2.75) is 25.7 Å². The minimum absolute atomic E-state index is 0.0495. The van der Waals surface area contributed by atoms with Crippen LogP contribution in [0.5, 0.6) is 0 Å². The Morgan fingerprint density at radius 3 is 2.29 bits per heavy atom. The van der Waals surface area contributed by atoms with Crippen molar-refractivity contribution < 1.29 is 18.8 Å². The minimum atomic E-state index is -0.814.